The summed E-state index contributed by atoms with van der Waals surface area (Å²) in [5.41, 5.74) is 4.59. The van der Waals surface area contributed by atoms with Gasteiger partial charge in [-0.1, -0.05) is 35.9 Å². The van der Waals surface area contributed by atoms with Gasteiger partial charge in [-0.05, 0) is 43.0 Å². The third-order valence-electron chi connectivity index (χ3n) is 3.50. The molecule has 1 aliphatic heterocycles. The number of amides is 1. The maximum atomic E-state index is 11.3. The summed E-state index contributed by atoms with van der Waals surface area (Å²) in [6.45, 7) is 2.20. The minimum absolute atomic E-state index is 0.0896. The number of hydrogen-bond donors (Lipinski definition) is 1. The number of ether oxygens (including phenoxy) is 1. The Bertz CT molecular complexity index is 632. The summed E-state index contributed by atoms with van der Waals surface area (Å²) < 4.78 is 5.35. The molecule has 0 aliphatic carbocycles. The number of carbonyl (C=O) groups excluding carboxylic acids is 1. The fourth-order valence-electron chi connectivity index (χ4n) is 2.33. The van der Waals surface area contributed by atoms with Crippen molar-refractivity contribution < 1.29 is 9.53 Å². The summed E-state index contributed by atoms with van der Waals surface area (Å²) >= 11 is 0. The van der Waals surface area contributed by atoms with Gasteiger partial charge in [-0.25, -0.2) is 0 Å². The van der Waals surface area contributed by atoms with Crippen molar-refractivity contribution in [2.75, 3.05) is 11.9 Å². The highest BCUT2D eigenvalue weighted by molar-refractivity contribution is 5.95. The maximum Gasteiger partial charge on any atom is 0.262 e. The van der Waals surface area contributed by atoms with Gasteiger partial charge in [0.25, 0.3) is 5.91 Å². The highest BCUT2D eigenvalue weighted by Gasteiger charge is 2.15. The number of aryl methyl sites for hydroxylation is 3. The number of carbonyl (C=O) groups is 1. The maximum absolute atomic E-state index is 11.3. The van der Waals surface area contributed by atoms with Gasteiger partial charge in [0, 0.05) is 0 Å². The molecule has 0 aromatic heterocycles. The topological polar surface area (TPSA) is 38.3 Å². The van der Waals surface area contributed by atoms with Crippen molar-refractivity contribution in [3.63, 3.8) is 0 Å². The molecule has 0 fully saturated rings. The standard InChI is InChI=1S/C17H17NO2/c1-12-2-4-13(5-3-12)6-7-14-8-9-16-15(10-14)18-17(19)11-20-16/h2-5,8-10H,6-7,11H2,1H3,(H,18,19). The van der Waals surface area contributed by atoms with E-state index in [4.69, 9.17) is 4.74 Å². The Morgan fingerprint density at radius 1 is 1.05 bits per heavy atom. The Morgan fingerprint density at radius 3 is 2.55 bits per heavy atom. The van der Waals surface area contributed by atoms with Crippen molar-refractivity contribution in [3.05, 3.63) is 59.2 Å². The molecule has 0 bridgehead atoms. The third kappa shape index (κ3) is 2.82. The van der Waals surface area contributed by atoms with E-state index in [0.717, 1.165) is 24.3 Å². The number of nitrogens with one attached hydrogen (secondary N) is 1. The Labute approximate surface area is 118 Å². The first-order chi connectivity index (χ1) is 9.70. The second-order valence-electron chi connectivity index (χ2n) is 5.15. The Kier molecular flexibility index (Phi) is 3.42. The van der Waals surface area contributed by atoms with Gasteiger partial charge in [0.2, 0.25) is 0 Å². The SMILES string of the molecule is Cc1ccc(CCc2ccc3c(c2)NC(=O)CO3)cc1. The molecule has 0 saturated carbocycles. The van der Waals surface area contributed by atoms with Gasteiger partial charge in [0.05, 0.1) is 5.69 Å². The lowest BCUT2D eigenvalue weighted by molar-refractivity contribution is -0.118. The predicted molar refractivity (Wildman–Crippen MR) is 79.2 cm³/mol. The predicted octanol–water partition coefficient (Wildman–Crippen LogP) is 3.11. The second-order valence-corrected chi connectivity index (χ2v) is 5.15. The van der Waals surface area contributed by atoms with E-state index in [1.165, 1.54) is 16.7 Å². The molecule has 0 unspecified atom stereocenters. The molecule has 0 radical (unpaired) electrons. The molecule has 102 valence electrons. The minimum atomic E-state index is -0.0896. The van der Waals surface area contributed by atoms with Crippen molar-refractivity contribution >= 4 is 11.6 Å². The van der Waals surface area contributed by atoms with Crippen LogP contribution in [0.1, 0.15) is 16.7 Å². The molecule has 3 rings (SSSR count). The first kappa shape index (κ1) is 12.7. The van der Waals surface area contributed by atoms with Crippen molar-refractivity contribution in [2.24, 2.45) is 0 Å². The van der Waals surface area contributed by atoms with Gasteiger partial charge in [0.1, 0.15) is 5.75 Å². The number of rotatable bonds is 3. The average molecular weight is 267 g/mol. The van der Waals surface area contributed by atoms with Crippen LogP contribution in [0.15, 0.2) is 42.5 Å². The Hall–Kier alpha value is -2.29. The number of hydrogen-bond acceptors (Lipinski definition) is 2. The Balaban J connectivity index is 1.70. The summed E-state index contributed by atoms with van der Waals surface area (Å²) in [5, 5.41) is 2.84. The fraction of sp³-hybridized carbons (Fsp3) is 0.235. The lowest BCUT2D eigenvalue weighted by atomic mass is 10.0. The quantitative estimate of drug-likeness (QED) is 0.928. The van der Waals surface area contributed by atoms with Crippen LogP contribution in [0.5, 0.6) is 5.75 Å². The van der Waals surface area contributed by atoms with Gasteiger partial charge in [-0.3, -0.25) is 4.79 Å². The molecule has 2 aromatic carbocycles. The fourth-order valence-corrected chi connectivity index (χ4v) is 2.33. The zero-order chi connectivity index (χ0) is 13.9. The van der Waals surface area contributed by atoms with Crippen molar-refractivity contribution in [1.82, 2.24) is 0 Å². The van der Waals surface area contributed by atoms with Crippen LogP contribution in [0, 0.1) is 6.92 Å². The van der Waals surface area contributed by atoms with E-state index in [0.29, 0.717) is 0 Å². The van der Waals surface area contributed by atoms with Crippen LogP contribution in [-0.2, 0) is 17.6 Å². The van der Waals surface area contributed by atoms with Crippen LogP contribution < -0.4 is 10.1 Å². The Morgan fingerprint density at radius 2 is 1.75 bits per heavy atom. The van der Waals surface area contributed by atoms with Crippen LogP contribution in [0.4, 0.5) is 5.69 Å². The molecule has 3 heteroatoms. The molecule has 0 spiro atoms. The lowest BCUT2D eigenvalue weighted by Gasteiger charge is -2.18. The summed E-state index contributed by atoms with van der Waals surface area (Å²) in [6.07, 6.45) is 1.94. The summed E-state index contributed by atoms with van der Waals surface area (Å²) in [6, 6.07) is 14.6. The molecule has 20 heavy (non-hydrogen) atoms. The van der Waals surface area contributed by atoms with Crippen LogP contribution in [0.2, 0.25) is 0 Å². The van der Waals surface area contributed by atoms with Crippen molar-refractivity contribution in [2.45, 2.75) is 19.8 Å². The normalized spacial score (nSPS) is 13.3. The molecular formula is C17H17NO2. The first-order valence-electron chi connectivity index (χ1n) is 6.82. The second kappa shape index (κ2) is 5.37. The monoisotopic (exact) mass is 267 g/mol. The highest BCUT2D eigenvalue weighted by atomic mass is 16.5. The minimum Gasteiger partial charge on any atom is -0.482 e. The van der Waals surface area contributed by atoms with Crippen LogP contribution in [0.3, 0.4) is 0 Å². The van der Waals surface area contributed by atoms with E-state index in [2.05, 4.69) is 42.6 Å². The molecule has 3 nitrogen and oxygen atoms in total. The summed E-state index contributed by atoms with van der Waals surface area (Å²) in [7, 11) is 0. The molecule has 0 saturated heterocycles. The largest absolute Gasteiger partial charge is 0.482 e. The molecule has 0 atom stereocenters. The van der Waals surface area contributed by atoms with Gasteiger partial charge >= 0.3 is 0 Å². The highest BCUT2D eigenvalue weighted by Crippen LogP contribution is 2.28. The zero-order valence-corrected chi connectivity index (χ0v) is 11.5. The van der Waals surface area contributed by atoms with Crippen LogP contribution in [0.25, 0.3) is 0 Å². The van der Waals surface area contributed by atoms with Gasteiger partial charge in [-0.2, -0.15) is 0 Å². The van der Waals surface area contributed by atoms with E-state index in [1.54, 1.807) is 0 Å². The van der Waals surface area contributed by atoms with Gasteiger partial charge < -0.3 is 10.1 Å². The van der Waals surface area contributed by atoms with E-state index in [-0.39, 0.29) is 12.5 Å². The molecule has 1 N–H and O–H groups in total. The van der Waals surface area contributed by atoms with Gasteiger partial charge in [0.15, 0.2) is 6.61 Å². The number of benzene rings is 2. The van der Waals surface area contributed by atoms with Gasteiger partial charge in [-0.15, -0.1) is 0 Å². The van der Waals surface area contributed by atoms with E-state index in [9.17, 15) is 4.79 Å². The summed E-state index contributed by atoms with van der Waals surface area (Å²) in [4.78, 5) is 11.3. The molecule has 2 aromatic rings. The van der Waals surface area contributed by atoms with Crippen LogP contribution in [-0.4, -0.2) is 12.5 Å². The number of fused-ring (bicyclic) bond motifs is 1. The molecule has 1 heterocycles. The van der Waals surface area contributed by atoms with Crippen LogP contribution >= 0.6 is 0 Å². The van der Waals surface area contributed by atoms with E-state index < -0.39 is 0 Å². The lowest BCUT2D eigenvalue weighted by Crippen LogP contribution is -2.25. The zero-order valence-electron chi connectivity index (χ0n) is 11.5. The first-order valence-corrected chi connectivity index (χ1v) is 6.82. The molecule has 1 aliphatic rings. The number of anilines is 1. The molecular weight excluding hydrogens is 250 g/mol. The third-order valence-corrected chi connectivity index (χ3v) is 3.50. The molecule has 1 amide bonds. The average Bonchev–Trinajstić information content (AvgIpc) is 2.46. The smallest absolute Gasteiger partial charge is 0.262 e. The van der Waals surface area contributed by atoms with Crippen molar-refractivity contribution in [1.29, 1.82) is 0 Å². The van der Waals surface area contributed by atoms with E-state index in [1.807, 2.05) is 12.1 Å². The van der Waals surface area contributed by atoms with Crippen molar-refractivity contribution in [3.8, 4) is 5.75 Å². The van der Waals surface area contributed by atoms with E-state index >= 15 is 0 Å². The summed E-state index contributed by atoms with van der Waals surface area (Å²) in [5.74, 6) is 0.664.